The van der Waals surface area contributed by atoms with E-state index in [1.54, 1.807) is 12.1 Å². The highest BCUT2D eigenvalue weighted by Crippen LogP contribution is 2.23. The standard InChI is InChI=1S/C20H23BrN2O2S/c1-3-4-11-25-18-10-9-16(21)12-17(18)19(24)23-20(26)22-13-15-7-5-14(2)6-8-15/h5-10,12H,3-4,11,13H2,1-2H3,(H2,22,23,24,26). The van der Waals surface area contributed by atoms with E-state index in [0.29, 0.717) is 24.5 Å². The Morgan fingerprint density at radius 1 is 1.19 bits per heavy atom. The first kappa shape index (κ1) is 20.4. The van der Waals surface area contributed by atoms with E-state index in [4.69, 9.17) is 17.0 Å². The minimum Gasteiger partial charge on any atom is -0.493 e. The number of hydrogen-bond donors (Lipinski definition) is 2. The van der Waals surface area contributed by atoms with Crippen molar-refractivity contribution in [1.29, 1.82) is 0 Å². The number of thiocarbonyl (C=S) groups is 1. The fourth-order valence-electron chi connectivity index (χ4n) is 2.23. The van der Waals surface area contributed by atoms with Crippen molar-refractivity contribution in [2.24, 2.45) is 0 Å². The minimum atomic E-state index is -0.292. The fourth-order valence-corrected chi connectivity index (χ4v) is 2.76. The van der Waals surface area contributed by atoms with Gasteiger partial charge in [-0.2, -0.15) is 0 Å². The summed E-state index contributed by atoms with van der Waals surface area (Å²) in [6.45, 7) is 5.27. The maximum absolute atomic E-state index is 12.6. The molecular weight excluding hydrogens is 412 g/mol. The zero-order chi connectivity index (χ0) is 18.9. The zero-order valence-electron chi connectivity index (χ0n) is 15.0. The first-order valence-corrected chi connectivity index (χ1v) is 9.76. The Labute approximate surface area is 168 Å². The van der Waals surface area contributed by atoms with E-state index in [0.717, 1.165) is 22.9 Å². The summed E-state index contributed by atoms with van der Waals surface area (Å²) in [4.78, 5) is 12.6. The molecule has 0 unspecified atom stereocenters. The Balaban J connectivity index is 1.96. The van der Waals surface area contributed by atoms with Crippen molar-refractivity contribution in [3.8, 4) is 5.75 Å². The molecule has 0 fully saturated rings. The molecule has 6 heteroatoms. The number of carbonyl (C=O) groups excluding carboxylic acids is 1. The lowest BCUT2D eigenvalue weighted by Crippen LogP contribution is -2.39. The first-order chi connectivity index (χ1) is 12.5. The van der Waals surface area contributed by atoms with Crippen LogP contribution in [0.15, 0.2) is 46.9 Å². The average Bonchev–Trinajstić information content (AvgIpc) is 2.62. The van der Waals surface area contributed by atoms with E-state index in [1.807, 2.05) is 37.3 Å². The van der Waals surface area contributed by atoms with Gasteiger partial charge in [0.2, 0.25) is 0 Å². The van der Waals surface area contributed by atoms with Crippen molar-refractivity contribution in [2.45, 2.75) is 33.2 Å². The maximum atomic E-state index is 12.6. The molecule has 0 saturated heterocycles. The molecule has 4 nitrogen and oxygen atoms in total. The molecule has 0 atom stereocenters. The molecule has 0 saturated carbocycles. The highest BCUT2D eigenvalue weighted by atomic mass is 79.9. The number of carbonyl (C=O) groups is 1. The van der Waals surface area contributed by atoms with E-state index in [9.17, 15) is 4.79 Å². The molecular formula is C20H23BrN2O2S. The van der Waals surface area contributed by atoms with Crippen molar-refractivity contribution >= 4 is 39.2 Å². The number of aryl methyl sites for hydroxylation is 1. The lowest BCUT2D eigenvalue weighted by Gasteiger charge is -2.13. The molecule has 138 valence electrons. The maximum Gasteiger partial charge on any atom is 0.261 e. The Hall–Kier alpha value is -1.92. The molecule has 0 spiro atoms. The zero-order valence-corrected chi connectivity index (χ0v) is 17.4. The highest BCUT2D eigenvalue weighted by molar-refractivity contribution is 9.10. The van der Waals surface area contributed by atoms with Gasteiger partial charge in [-0.15, -0.1) is 0 Å². The summed E-state index contributed by atoms with van der Waals surface area (Å²) in [5.41, 5.74) is 2.75. The summed E-state index contributed by atoms with van der Waals surface area (Å²) in [6.07, 6.45) is 1.97. The number of nitrogens with one attached hydrogen (secondary N) is 2. The number of ether oxygens (including phenoxy) is 1. The van der Waals surface area contributed by atoms with Crippen LogP contribution in [0.25, 0.3) is 0 Å². The molecule has 0 aliphatic heterocycles. The monoisotopic (exact) mass is 434 g/mol. The van der Waals surface area contributed by atoms with Crippen LogP contribution in [0.2, 0.25) is 0 Å². The summed E-state index contributed by atoms with van der Waals surface area (Å²) >= 11 is 8.64. The first-order valence-electron chi connectivity index (χ1n) is 8.56. The van der Waals surface area contributed by atoms with Gasteiger partial charge in [-0.3, -0.25) is 10.1 Å². The summed E-state index contributed by atoms with van der Waals surface area (Å²) in [6, 6.07) is 13.5. The fraction of sp³-hybridized carbons (Fsp3) is 0.300. The van der Waals surface area contributed by atoms with E-state index < -0.39 is 0 Å². The molecule has 2 N–H and O–H groups in total. The van der Waals surface area contributed by atoms with Crippen LogP contribution < -0.4 is 15.4 Å². The molecule has 0 heterocycles. The van der Waals surface area contributed by atoms with Crippen molar-refractivity contribution in [1.82, 2.24) is 10.6 Å². The van der Waals surface area contributed by atoms with Gasteiger partial charge in [0.15, 0.2) is 5.11 Å². The van der Waals surface area contributed by atoms with Gasteiger partial charge in [-0.25, -0.2) is 0 Å². The van der Waals surface area contributed by atoms with E-state index in [1.165, 1.54) is 5.56 Å². The number of benzene rings is 2. The molecule has 2 rings (SSSR count). The van der Waals surface area contributed by atoms with Crippen molar-refractivity contribution < 1.29 is 9.53 Å². The Morgan fingerprint density at radius 3 is 2.62 bits per heavy atom. The Bertz CT molecular complexity index is 763. The summed E-state index contributed by atoms with van der Waals surface area (Å²) in [5.74, 6) is 0.264. The molecule has 0 radical (unpaired) electrons. The predicted molar refractivity (Wildman–Crippen MR) is 113 cm³/mol. The van der Waals surface area contributed by atoms with Crippen LogP contribution in [0.4, 0.5) is 0 Å². The van der Waals surface area contributed by atoms with Crippen LogP contribution in [-0.4, -0.2) is 17.6 Å². The SMILES string of the molecule is CCCCOc1ccc(Br)cc1C(=O)NC(=S)NCc1ccc(C)cc1. The summed E-state index contributed by atoms with van der Waals surface area (Å²) in [5, 5.41) is 6.06. The van der Waals surface area contributed by atoms with Gasteiger partial charge < -0.3 is 10.1 Å². The van der Waals surface area contributed by atoms with Gasteiger partial charge >= 0.3 is 0 Å². The van der Waals surface area contributed by atoms with Crippen LogP contribution in [0, 0.1) is 6.92 Å². The van der Waals surface area contributed by atoms with E-state index in [-0.39, 0.29) is 11.0 Å². The van der Waals surface area contributed by atoms with Gasteiger partial charge in [0.05, 0.1) is 12.2 Å². The van der Waals surface area contributed by atoms with E-state index in [2.05, 4.69) is 33.5 Å². The van der Waals surface area contributed by atoms with Crippen molar-refractivity contribution in [2.75, 3.05) is 6.61 Å². The second-order valence-corrected chi connectivity index (χ2v) is 7.29. The summed E-state index contributed by atoms with van der Waals surface area (Å²) in [7, 11) is 0. The second kappa shape index (κ2) is 10.3. The number of amides is 1. The van der Waals surface area contributed by atoms with Crippen LogP contribution in [0.3, 0.4) is 0 Å². The molecule has 0 bridgehead atoms. The molecule has 0 aliphatic carbocycles. The van der Waals surface area contributed by atoms with Gasteiger partial charge in [0.25, 0.3) is 5.91 Å². The molecule has 0 aromatic heterocycles. The smallest absolute Gasteiger partial charge is 0.261 e. The topological polar surface area (TPSA) is 50.4 Å². The third-order valence-electron chi connectivity index (χ3n) is 3.74. The van der Waals surface area contributed by atoms with Crippen molar-refractivity contribution in [3.63, 3.8) is 0 Å². The number of hydrogen-bond acceptors (Lipinski definition) is 3. The third kappa shape index (κ3) is 6.42. The lowest BCUT2D eigenvalue weighted by atomic mass is 10.1. The predicted octanol–water partition coefficient (Wildman–Crippen LogP) is 4.74. The van der Waals surface area contributed by atoms with Gasteiger partial charge in [-0.05, 0) is 49.3 Å². The third-order valence-corrected chi connectivity index (χ3v) is 4.48. The molecule has 0 aliphatic rings. The molecule has 1 amide bonds. The van der Waals surface area contributed by atoms with Crippen LogP contribution >= 0.6 is 28.1 Å². The Morgan fingerprint density at radius 2 is 1.92 bits per heavy atom. The molecule has 26 heavy (non-hydrogen) atoms. The second-order valence-electron chi connectivity index (χ2n) is 5.96. The number of halogens is 1. The number of rotatable bonds is 7. The number of unbranched alkanes of at least 4 members (excludes halogenated alkanes) is 1. The van der Waals surface area contributed by atoms with Crippen LogP contribution in [-0.2, 0) is 6.54 Å². The van der Waals surface area contributed by atoms with Crippen molar-refractivity contribution in [3.05, 3.63) is 63.6 Å². The van der Waals surface area contributed by atoms with Crippen LogP contribution in [0.1, 0.15) is 41.3 Å². The van der Waals surface area contributed by atoms with Gasteiger partial charge in [-0.1, -0.05) is 59.1 Å². The average molecular weight is 435 g/mol. The quantitative estimate of drug-likeness (QED) is 0.487. The van der Waals surface area contributed by atoms with Gasteiger partial charge in [0, 0.05) is 11.0 Å². The van der Waals surface area contributed by atoms with E-state index >= 15 is 0 Å². The van der Waals surface area contributed by atoms with Gasteiger partial charge in [0.1, 0.15) is 5.75 Å². The molecule has 2 aromatic rings. The summed E-state index contributed by atoms with van der Waals surface area (Å²) < 4.78 is 6.54. The normalized spacial score (nSPS) is 10.3. The largest absolute Gasteiger partial charge is 0.493 e. The Kier molecular flexibility index (Phi) is 8.06. The highest BCUT2D eigenvalue weighted by Gasteiger charge is 2.14. The molecule has 2 aromatic carbocycles. The lowest BCUT2D eigenvalue weighted by molar-refractivity contribution is 0.0972. The van der Waals surface area contributed by atoms with Crippen LogP contribution in [0.5, 0.6) is 5.75 Å². The minimum absolute atomic E-state index is 0.287.